The van der Waals surface area contributed by atoms with Crippen LogP contribution < -0.4 is 10.2 Å². The number of benzene rings is 1. The molecule has 1 N–H and O–H groups in total. The molecule has 1 saturated heterocycles. The van der Waals surface area contributed by atoms with E-state index in [2.05, 4.69) is 15.3 Å². The van der Waals surface area contributed by atoms with E-state index >= 15 is 0 Å². The number of thiophene rings is 1. The molecule has 0 bridgehead atoms. The number of ether oxygens (including phenoxy) is 1. The summed E-state index contributed by atoms with van der Waals surface area (Å²) in [7, 11) is 1.28. The summed E-state index contributed by atoms with van der Waals surface area (Å²) in [6.45, 7) is 0.381. The summed E-state index contributed by atoms with van der Waals surface area (Å²) < 4.78 is 31.2. The van der Waals surface area contributed by atoms with Gasteiger partial charge in [0.25, 0.3) is 6.43 Å². The van der Waals surface area contributed by atoms with Crippen LogP contribution in [-0.4, -0.2) is 41.5 Å². The molecule has 10 heteroatoms. The number of methoxy groups -OCH3 is 1. The molecule has 3 heterocycles. The molecule has 7 nitrogen and oxygen atoms in total. The molecule has 3 aromatic rings. The topological polar surface area (TPSA) is 84.4 Å². The first-order valence-corrected chi connectivity index (χ1v) is 9.66. The second-order valence-electron chi connectivity index (χ2n) is 6.35. The van der Waals surface area contributed by atoms with Crippen molar-refractivity contribution in [3.05, 3.63) is 47.1 Å². The van der Waals surface area contributed by atoms with E-state index < -0.39 is 24.3 Å². The van der Waals surface area contributed by atoms with Crippen LogP contribution in [0.1, 0.15) is 29.0 Å². The molecular weight excluding hydrogens is 402 g/mol. The van der Waals surface area contributed by atoms with Crippen LogP contribution >= 0.6 is 11.3 Å². The zero-order valence-electron chi connectivity index (χ0n) is 15.3. The molecule has 150 valence electrons. The highest BCUT2D eigenvalue weighted by Gasteiger charge is 2.36. The summed E-state index contributed by atoms with van der Waals surface area (Å²) in [6, 6.07) is 7.71. The summed E-state index contributed by atoms with van der Waals surface area (Å²) in [5, 5.41) is 5.76. The van der Waals surface area contributed by atoms with Gasteiger partial charge < -0.3 is 15.0 Å². The number of hydrogen-bond donors (Lipinski definition) is 1. The minimum Gasteiger partial charge on any atom is -0.465 e. The van der Waals surface area contributed by atoms with Crippen LogP contribution in [-0.2, 0) is 9.53 Å². The van der Waals surface area contributed by atoms with Crippen LogP contribution in [0, 0.1) is 0 Å². The van der Waals surface area contributed by atoms with Crippen molar-refractivity contribution in [1.29, 1.82) is 0 Å². The lowest BCUT2D eigenvalue weighted by molar-refractivity contribution is -0.117. The minimum atomic E-state index is -2.83. The average Bonchev–Trinajstić information content (AvgIpc) is 3.34. The Hall–Kier alpha value is -3.14. The number of nitrogens with zero attached hydrogens (tertiary/aromatic N) is 3. The molecule has 0 aliphatic carbocycles. The Labute approximate surface area is 168 Å². The second-order valence-corrected chi connectivity index (χ2v) is 7.25. The smallest absolute Gasteiger partial charge is 0.340 e. The van der Waals surface area contributed by atoms with Gasteiger partial charge in [-0.05, 0) is 30.0 Å². The van der Waals surface area contributed by atoms with Gasteiger partial charge in [-0.15, -0.1) is 11.3 Å². The predicted octanol–water partition coefficient (Wildman–Crippen LogP) is 3.63. The maximum absolute atomic E-state index is 13.2. The van der Waals surface area contributed by atoms with Gasteiger partial charge in [0.2, 0.25) is 5.91 Å². The first kappa shape index (κ1) is 19.2. The quantitative estimate of drug-likeness (QED) is 0.637. The largest absolute Gasteiger partial charge is 0.465 e. The molecule has 1 aliphatic rings. The zero-order chi connectivity index (χ0) is 20.5. The van der Waals surface area contributed by atoms with Crippen molar-refractivity contribution in [3.8, 4) is 0 Å². The first-order valence-electron chi connectivity index (χ1n) is 8.78. The van der Waals surface area contributed by atoms with Crippen LogP contribution in [0.5, 0.6) is 0 Å². The van der Waals surface area contributed by atoms with Gasteiger partial charge in [0.05, 0.1) is 18.2 Å². The van der Waals surface area contributed by atoms with E-state index in [0.717, 1.165) is 0 Å². The van der Waals surface area contributed by atoms with Gasteiger partial charge in [-0.25, -0.2) is 23.5 Å². The third kappa shape index (κ3) is 3.51. The van der Waals surface area contributed by atoms with E-state index in [9.17, 15) is 18.4 Å². The number of carbonyl (C=O) groups excluding carboxylic acids is 2. The number of carbonyl (C=O) groups is 2. The van der Waals surface area contributed by atoms with E-state index in [1.807, 2.05) is 0 Å². The standard InChI is InChI=1S/C19H16F2N4O3S/c1-28-19(27)11-7-9-29-18(11)25-8-6-13(17(25)26)23-15-10-4-2-3-5-12(10)22-16(24-15)14(20)21/h2-5,7,9,13-14H,6,8H2,1H3,(H,22,23,24). The van der Waals surface area contributed by atoms with Gasteiger partial charge in [-0.3, -0.25) is 4.79 Å². The van der Waals surface area contributed by atoms with Crippen molar-refractivity contribution < 1.29 is 23.1 Å². The van der Waals surface area contributed by atoms with Gasteiger partial charge in [0.15, 0.2) is 5.82 Å². The maximum atomic E-state index is 13.2. The molecule has 1 amide bonds. The van der Waals surface area contributed by atoms with Crippen LogP contribution in [0.4, 0.5) is 19.6 Å². The van der Waals surface area contributed by atoms with E-state index in [0.29, 0.717) is 34.4 Å². The number of halogens is 2. The molecule has 0 spiro atoms. The highest BCUT2D eigenvalue weighted by molar-refractivity contribution is 7.14. The Morgan fingerprint density at radius 3 is 2.86 bits per heavy atom. The second kappa shape index (κ2) is 7.70. The van der Waals surface area contributed by atoms with Gasteiger partial charge in [-0.2, -0.15) is 0 Å². The molecule has 0 saturated carbocycles. The van der Waals surface area contributed by atoms with E-state index in [-0.39, 0.29) is 11.7 Å². The van der Waals surface area contributed by atoms with Crippen molar-refractivity contribution in [3.63, 3.8) is 0 Å². The Kier molecular flexibility index (Phi) is 5.10. The van der Waals surface area contributed by atoms with E-state index in [1.54, 1.807) is 35.7 Å². The number of nitrogens with one attached hydrogen (secondary N) is 1. The van der Waals surface area contributed by atoms with Crippen molar-refractivity contribution in [2.75, 3.05) is 23.9 Å². The summed E-state index contributed by atoms with van der Waals surface area (Å²) in [5.41, 5.74) is 0.688. The number of rotatable bonds is 5. The number of fused-ring (bicyclic) bond motifs is 1. The lowest BCUT2D eigenvalue weighted by atomic mass is 10.2. The Bertz CT molecular complexity index is 1090. The number of alkyl halides is 2. The molecule has 1 aromatic carbocycles. The highest BCUT2D eigenvalue weighted by Crippen LogP contribution is 2.33. The maximum Gasteiger partial charge on any atom is 0.340 e. The number of esters is 1. The molecule has 2 aromatic heterocycles. The van der Waals surface area contributed by atoms with Crippen LogP contribution in [0.3, 0.4) is 0 Å². The number of para-hydroxylation sites is 1. The van der Waals surface area contributed by atoms with Crippen LogP contribution in [0.2, 0.25) is 0 Å². The third-order valence-electron chi connectivity index (χ3n) is 4.63. The van der Waals surface area contributed by atoms with Gasteiger partial charge >= 0.3 is 5.97 Å². The van der Waals surface area contributed by atoms with Gasteiger partial charge in [-0.1, -0.05) is 12.1 Å². The molecule has 4 rings (SSSR count). The fraction of sp³-hybridized carbons (Fsp3) is 0.263. The van der Waals surface area contributed by atoms with Gasteiger partial charge in [0, 0.05) is 11.9 Å². The molecule has 1 unspecified atom stereocenters. The van der Waals surface area contributed by atoms with Gasteiger partial charge in [0.1, 0.15) is 16.9 Å². The van der Waals surface area contributed by atoms with E-state index in [4.69, 9.17) is 4.74 Å². The molecule has 1 aliphatic heterocycles. The van der Waals surface area contributed by atoms with Crippen molar-refractivity contribution in [2.24, 2.45) is 0 Å². The molecule has 1 atom stereocenters. The van der Waals surface area contributed by atoms with Crippen molar-refractivity contribution >= 4 is 44.9 Å². The number of amides is 1. The highest BCUT2D eigenvalue weighted by atomic mass is 32.1. The lowest BCUT2D eigenvalue weighted by Crippen LogP contribution is -2.34. The van der Waals surface area contributed by atoms with Crippen molar-refractivity contribution in [2.45, 2.75) is 18.9 Å². The fourth-order valence-electron chi connectivity index (χ4n) is 3.26. The zero-order valence-corrected chi connectivity index (χ0v) is 16.1. The lowest BCUT2D eigenvalue weighted by Gasteiger charge is -2.18. The van der Waals surface area contributed by atoms with E-state index in [1.165, 1.54) is 23.3 Å². The monoisotopic (exact) mass is 418 g/mol. The molecular formula is C19H16F2N4O3S. The summed E-state index contributed by atoms with van der Waals surface area (Å²) >= 11 is 1.26. The molecule has 1 fully saturated rings. The third-order valence-corrected chi connectivity index (χ3v) is 5.56. The Balaban J connectivity index is 1.63. The fourth-order valence-corrected chi connectivity index (χ4v) is 4.18. The summed E-state index contributed by atoms with van der Waals surface area (Å²) in [5.74, 6) is -1.20. The predicted molar refractivity (Wildman–Crippen MR) is 105 cm³/mol. The molecule has 29 heavy (non-hydrogen) atoms. The molecule has 0 radical (unpaired) electrons. The average molecular weight is 418 g/mol. The SMILES string of the molecule is COC(=O)c1ccsc1N1CCC(Nc2nc(C(F)F)nc3ccccc23)C1=O. The Morgan fingerprint density at radius 2 is 2.10 bits per heavy atom. The summed E-state index contributed by atoms with van der Waals surface area (Å²) in [6.07, 6.45) is -2.40. The number of anilines is 2. The Morgan fingerprint density at radius 1 is 1.31 bits per heavy atom. The number of hydrogen-bond acceptors (Lipinski definition) is 7. The van der Waals surface area contributed by atoms with Crippen LogP contribution in [0.15, 0.2) is 35.7 Å². The normalized spacial score (nSPS) is 16.6. The minimum absolute atomic E-state index is 0.186. The first-order chi connectivity index (χ1) is 14.0. The summed E-state index contributed by atoms with van der Waals surface area (Å²) in [4.78, 5) is 34.2. The van der Waals surface area contributed by atoms with Crippen molar-refractivity contribution in [1.82, 2.24) is 9.97 Å². The number of aromatic nitrogens is 2. The van der Waals surface area contributed by atoms with Crippen LogP contribution in [0.25, 0.3) is 10.9 Å².